The van der Waals surface area contributed by atoms with Gasteiger partial charge in [0.2, 0.25) is 11.7 Å². The molecule has 0 radical (unpaired) electrons. The van der Waals surface area contributed by atoms with Crippen molar-refractivity contribution < 1.29 is 70.2 Å². The van der Waals surface area contributed by atoms with Crippen molar-refractivity contribution in [3.05, 3.63) is 86.8 Å². The van der Waals surface area contributed by atoms with Gasteiger partial charge in [-0.1, -0.05) is 0 Å². The van der Waals surface area contributed by atoms with Crippen molar-refractivity contribution in [1.82, 2.24) is 0 Å². The predicted octanol–water partition coefficient (Wildman–Crippen LogP) is 8.81. The lowest BCUT2D eigenvalue weighted by molar-refractivity contribution is -0.00230. The van der Waals surface area contributed by atoms with Crippen molar-refractivity contribution in [1.29, 1.82) is 0 Å². The molecule has 0 atom stereocenters. The predicted molar refractivity (Wildman–Crippen MR) is 86.5 cm³/mol. The van der Waals surface area contributed by atoms with Crippen LogP contribution >= 0.6 is 0 Å². The van der Waals surface area contributed by atoms with Gasteiger partial charge in [0, 0.05) is 11.1 Å². The molecule has 0 amide bonds. The molecule has 0 fully saturated rings. The van der Waals surface area contributed by atoms with Gasteiger partial charge in [-0.3, -0.25) is 0 Å². The van der Waals surface area contributed by atoms with E-state index in [-0.39, 0.29) is 0 Å². The molecule has 0 nitrogen and oxygen atoms in total. The topological polar surface area (TPSA) is 0 Å². The number of halogens is 16. The molecule has 0 unspecified atom stereocenters. The van der Waals surface area contributed by atoms with E-state index in [1.54, 1.807) is 0 Å². The van der Waals surface area contributed by atoms with Crippen LogP contribution in [0.1, 0.15) is 22.3 Å². The molecular formula is C19H6F16. The second-order valence-electron chi connectivity index (χ2n) is 6.24. The quantitative estimate of drug-likeness (QED) is 0.271. The normalized spacial score (nSPS) is 11.1. The highest BCUT2D eigenvalue weighted by Crippen LogP contribution is 2.43. The Morgan fingerprint density at radius 2 is 0.800 bits per heavy atom. The van der Waals surface area contributed by atoms with Gasteiger partial charge in [0.25, 0.3) is 0 Å². The SMILES string of the molecule is Cc1c(F)c(F)c(C(F)(F)C(F)=C(F)F)c(F)c1F.Cc1c(F)c(F)c(C(F)=C(F)F)c(F)c1F. The molecule has 0 aliphatic rings. The standard InChI is InChI=1S/C10H3F9.C9H3F7/c1-2-4(11)6(13)3(7(14)5(2)12)10(18,19)8(15)9(16)17;1-2-4(10)6(12)3(7(13)5(2)11)8(14)9(15)16/h1H3;1H3. The van der Waals surface area contributed by atoms with Gasteiger partial charge < -0.3 is 0 Å². The van der Waals surface area contributed by atoms with Crippen LogP contribution < -0.4 is 0 Å². The molecule has 2 aromatic rings. The van der Waals surface area contributed by atoms with Crippen LogP contribution in [0.4, 0.5) is 70.2 Å². The Hall–Kier alpha value is -3.20. The minimum Gasteiger partial charge on any atom is -0.203 e. The highest BCUT2D eigenvalue weighted by Gasteiger charge is 2.48. The molecule has 2 rings (SSSR count). The van der Waals surface area contributed by atoms with Gasteiger partial charge in [0.05, 0.1) is 5.56 Å². The number of hydrogen-bond acceptors (Lipinski definition) is 0. The van der Waals surface area contributed by atoms with E-state index in [1.165, 1.54) is 0 Å². The Morgan fingerprint density at radius 3 is 1.09 bits per heavy atom. The van der Waals surface area contributed by atoms with Crippen LogP contribution in [0.15, 0.2) is 18.0 Å². The van der Waals surface area contributed by atoms with E-state index in [4.69, 9.17) is 0 Å². The summed E-state index contributed by atoms with van der Waals surface area (Å²) in [7, 11) is 0. The molecule has 0 bridgehead atoms. The first kappa shape index (κ1) is 29.8. The molecule has 2 aromatic carbocycles. The van der Waals surface area contributed by atoms with E-state index >= 15 is 0 Å². The fourth-order valence-electron chi connectivity index (χ4n) is 2.27. The van der Waals surface area contributed by atoms with E-state index < -0.39 is 98.5 Å². The second kappa shape index (κ2) is 10.6. The Morgan fingerprint density at radius 1 is 0.486 bits per heavy atom. The van der Waals surface area contributed by atoms with Crippen LogP contribution in [0.3, 0.4) is 0 Å². The third-order valence-corrected chi connectivity index (χ3v) is 4.11. The fraction of sp³-hybridized carbons (Fsp3) is 0.158. The highest BCUT2D eigenvalue weighted by molar-refractivity contribution is 5.61. The first-order valence-corrected chi connectivity index (χ1v) is 8.27. The fourth-order valence-corrected chi connectivity index (χ4v) is 2.27. The van der Waals surface area contributed by atoms with Crippen molar-refractivity contribution in [3.8, 4) is 0 Å². The zero-order valence-electron chi connectivity index (χ0n) is 16.5. The summed E-state index contributed by atoms with van der Waals surface area (Å²) >= 11 is 0. The van der Waals surface area contributed by atoms with Crippen molar-refractivity contribution in [2.45, 2.75) is 19.8 Å². The minimum atomic E-state index is -5.54. The summed E-state index contributed by atoms with van der Waals surface area (Å²) in [5.41, 5.74) is -7.12. The molecule has 0 aromatic heterocycles. The van der Waals surface area contributed by atoms with E-state index in [0.717, 1.165) is 0 Å². The van der Waals surface area contributed by atoms with Crippen molar-refractivity contribution in [2.24, 2.45) is 0 Å². The van der Waals surface area contributed by atoms with E-state index in [9.17, 15) is 70.2 Å². The van der Waals surface area contributed by atoms with Gasteiger partial charge in [-0.2, -0.15) is 30.7 Å². The number of benzene rings is 2. The van der Waals surface area contributed by atoms with Crippen LogP contribution in [-0.2, 0) is 5.92 Å². The number of alkyl halides is 2. The molecule has 0 saturated carbocycles. The molecule has 194 valence electrons. The summed E-state index contributed by atoms with van der Waals surface area (Å²) in [5.74, 6) is -29.6. The molecule has 35 heavy (non-hydrogen) atoms. The van der Waals surface area contributed by atoms with Gasteiger partial charge in [-0.25, -0.2) is 39.5 Å². The summed E-state index contributed by atoms with van der Waals surface area (Å²) in [4.78, 5) is 0. The number of rotatable bonds is 3. The smallest absolute Gasteiger partial charge is 0.203 e. The Labute approximate surface area is 183 Å². The molecule has 0 N–H and O–H groups in total. The second-order valence-corrected chi connectivity index (χ2v) is 6.24. The summed E-state index contributed by atoms with van der Waals surface area (Å²) in [6.45, 7) is 1.22. The lowest BCUT2D eigenvalue weighted by Gasteiger charge is -2.17. The lowest BCUT2D eigenvalue weighted by Crippen LogP contribution is -2.22. The van der Waals surface area contributed by atoms with Crippen LogP contribution in [0, 0.1) is 60.4 Å². The summed E-state index contributed by atoms with van der Waals surface area (Å²) in [6.07, 6.45) is -6.63. The maximum absolute atomic E-state index is 13.1. The molecule has 0 saturated heterocycles. The third kappa shape index (κ3) is 5.40. The third-order valence-electron chi connectivity index (χ3n) is 4.11. The van der Waals surface area contributed by atoms with Gasteiger partial charge in [0.1, 0.15) is 5.56 Å². The summed E-state index contributed by atoms with van der Waals surface area (Å²) in [5, 5.41) is 0. The van der Waals surface area contributed by atoms with Crippen LogP contribution in [0.5, 0.6) is 0 Å². The van der Waals surface area contributed by atoms with E-state index in [2.05, 4.69) is 0 Å². The zero-order valence-corrected chi connectivity index (χ0v) is 16.5. The van der Waals surface area contributed by atoms with Crippen LogP contribution in [0.2, 0.25) is 0 Å². The van der Waals surface area contributed by atoms with Gasteiger partial charge in [-0.15, -0.1) is 0 Å². The zero-order chi connectivity index (χ0) is 27.7. The van der Waals surface area contributed by atoms with Gasteiger partial charge in [0.15, 0.2) is 46.5 Å². The summed E-state index contributed by atoms with van der Waals surface area (Å²) < 4.78 is 202. The van der Waals surface area contributed by atoms with Crippen molar-refractivity contribution in [3.63, 3.8) is 0 Å². The van der Waals surface area contributed by atoms with E-state index in [0.29, 0.717) is 13.8 Å². The van der Waals surface area contributed by atoms with Crippen molar-refractivity contribution in [2.75, 3.05) is 0 Å². The molecule has 0 aliphatic carbocycles. The monoisotopic (exact) mass is 538 g/mol. The molecule has 16 heteroatoms. The number of hydrogen-bond donors (Lipinski definition) is 0. The first-order valence-electron chi connectivity index (χ1n) is 8.27. The molecule has 0 heterocycles. The Balaban J connectivity index is 0.000000355. The maximum atomic E-state index is 13.1. The average molecular weight is 538 g/mol. The Bertz CT molecular complexity index is 1160. The van der Waals surface area contributed by atoms with E-state index in [1.807, 2.05) is 0 Å². The molecular weight excluding hydrogens is 532 g/mol. The van der Waals surface area contributed by atoms with Gasteiger partial charge >= 0.3 is 18.1 Å². The average Bonchev–Trinajstić information content (AvgIpc) is 2.78. The number of allylic oxidation sites excluding steroid dienone is 1. The lowest BCUT2D eigenvalue weighted by atomic mass is 10.0. The van der Waals surface area contributed by atoms with Crippen LogP contribution in [-0.4, -0.2) is 0 Å². The summed E-state index contributed by atoms with van der Waals surface area (Å²) in [6, 6.07) is 0. The highest BCUT2D eigenvalue weighted by atomic mass is 19.3. The largest absolute Gasteiger partial charge is 0.335 e. The Kier molecular flexibility index (Phi) is 9.03. The first-order chi connectivity index (χ1) is 15.8. The van der Waals surface area contributed by atoms with Gasteiger partial charge in [-0.05, 0) is 13.8 Å². The van der Waals surface area contributed by atoms with Crippen molar-refractivity contribution >= 4 is 5.83 Å². The minimum absolute atomic E-state index is 0.528. The molecule has 0 aliphatic heterocycles. The van der Waals surface area contributed by atoms with Crippen LogP contribution in [0.25, 0.3) is 5.83 Å². The maximum Gasteiger partial charge on any atom is 0.335 e. The molecule has 0 spiro atoms.